The summed E-state index contributed by atoms with van der Waals surface area (Å²) in [6, 6.07) is 11.7. The van der Waals surface area contributed by atoms with E-state index in [4.69, 9.17) is 18.9 Å². The van der Waals surface area contributed by atoms with Crippen molar-refractivity contribution in [1.29, 1.82) is 0 Å². The van der Waals surface area contributed by atoms with Gasteiger partial charge in [0.25, 0.3) is 0 Å². The van der Waals surface area contributed by atoms with Crippen molar-refractivity contribution in [2.24, 2.45) is 5.92 Å². The van der Waals surface area contributed by atoms with Gasteiger partial charge in [-0.15, -0.1) is 0 Å². The number of hydrogen-bond donors (Lipinski definition) is 1. The summed E-state index contributed by atoms with van der Waals surface area (Å²) in [4.78, 5) is 13.8. The van der Waals surface area contributed by atoms with Crippen LogP contribution >= 0.6 is 0 Å². The van der Waals surface area contributed by atoms with Crippen LogP contribution in [0.2, 0.25) is 0 Å². The van der Waals surface area contributed by atoms with Crippen LogP contribution in [0.1, 0.15) is 43.9 Å². The molecule has 1 N–H and O–H groups in total. The van der Waals surface area contributed by atoms with Crippen molar-refractivity contribution in [1.82, 2.24) is 4.90 Å². The Morgan fingerprint density at radius 3 is 2.25 bits per heavy atom. The normalized spacial score (nSPS) is 15.8. The van der Waals surface area contributed by atoms with E-state index in [0.717, 1.165) is 22.6 Å². The highest BCUT2D eigenvalue weighted by atomic mass is 16.5. The number of ether oxygens (including phenoxy) is 4. The van der Waals surface area contributed by atoms with Crippen LogP contribution in [0, 0.1) is 5.92 Å². The quantitative estimate of drug-likeness (QED) is 0.584. The number of nitrogens with zero attached hydrogens (tertiary/aromatic N) is 1. The van der Waals surface area contributed by atoms with E-state index < -0.39 is 5.97 Å². The summed E-state index contributed by atoms with van der Waals surface area (Å²) >= 11 is 0. The zero-order valence-corrected chi connectivity index (χ0v) is 19.3. The highest BCUT2D eigenvalue weighted by molar-refractivity contribution is 5.70. The summed E-state index contributed by atoms with van der Waals surface area (Å²) in [5, 5.41) is 9.43. The number of aliphatic carboxylic acids is 1. The van der Waals surface area contributed by atoms with E-state index in [1.54, 1.807) is 14.2 Å². The molecular formula is C25H33NO6. The molecule has 1 unspecified atom stereocenters. The van der Waals surface area contributed by atoms with Crippen molar-refractivity contribution in [2.75, 3.05) is 40.5 Å². The second-order valence-corrected chi connectivity index (χ2v) is 7.73. The van der Waals surface area contributed by atoms with Gasteiger partial charge in [0, 0.05) is 11.6 Å². The highest BCUT2D eigenvalue weighted by Gasteiger charge is 2.32. The van der Waals surface area contributed by atoms with Crippen molar-refractivity contribution < 1.29 is 28.8 Å². The Balaban J connectivity index is 2.05. The summed E-state index contributed by atoms with van der Waals surface area (Å²) in [6.45, 7) is 6.33. The molecule has 7 nitrogen and oxygen atoms in total. The van der Waals surface area contributed by atoms with Gasteiger partial charge in [-0.2, -0.15) is 0 Å². The summed E-state index contributed by atoms with van der Waals surface area (Å²) < 4.78 is 22.7. The first-order valence-electron chi connectivity index (χ1n) is 11.1. The zero-order chi connectivity index (χ0) is 23.1. The van der Waals surface area contributed by atoms with Crippen LogP contribution < -0.4 is 18.9 Å². The molecule has 3 rings (SSSR count). The molecule has 174 valence electrons. The lowest BCUT2D eigenvalue weighted by molar-refractivity contribution is -0.143. The second kappa shape index (κ2) is 11.1. The SMILES string of the molecule is CCOc1ccc(C(c2ccc(OC)cc2OC)N2CCC(C(=O)O)CC2)cc1OCC. The molecular weight excluding hydrogens is 410 g/mol. The lowest BCUT2D eigenvalue weighted by Crippen LogP contribution is -2.39. The molecule has 0 radical (unpaired) electrons. The third-order valence-electron chi connectivity index (χ3n) is 5.86. The molecule has 1 aliphatic heterocycles. The van der Waals surface area contributed by atoms with Crippen molar-refractivity contribution in [3.05, 3.63) is 47.5 Å². The molecule has 2 aromatic rings. The summed E-state index contributed by atoms with van der Waals surface area (Å²) in [5.41, 5.74) is 2.03. The Morgan fingerprint density at radius 1 is 0.969 bits per heavy atom. The van der Waals surface area contributed by atoms with Gasteiger partial charge in [0.1, 0.15) is 11.5 Å². The number of rotatable bonds is 10. The number of methoxy groups -OCH3 is 2. The van der Waals surface area contributed by atoms with E-state index in [9.17, 15) is 9.90 Å². The minimum absolute atomic E-state index is 0.125. The monoisotopic (exact) mass is 443 g/mol. The molecule has 1 saturated heterocycles. The Labute approximate surface area is 189 Å². The smallest absolute Gasteiger partial charge is 0.306 e. The number of carbonyl (C=O) groups is 1. The van der Waals surface area contributed by atoms with Gasteiger partial charge in [-0.3, -0.25) is 9.69 Å². The topological polar surface area (TPSA) is 77.5 Å². The zero-order valence-electron chi connectivity index (χ0n) is 19.3. The van der Waals surface area contributed by atoms with Crippen LogP contribution in [0.25, 0.3) is 0 Å². The first-order chi connectivity index (χ1) is 15.5. The van der Waals surface area contributed by atoms with E-state index in [-0.39, 0.29) is 12.0 Å². The first-order valence-corrected chi connectivity index (χ1v) is 11.1. The largest absolute Gasteiger partial charge is 0.497 e. The Hall–Kier alpha value is -2.93. The minimum Gasteiger partial charge on any atom is -0.497 e. The molecule has 7 heteroatoms. The molecule has 0 saturated carbocycles. The summed E-state index contributed by atoms with van der Waals surface area (Å²) in [6.07, 6.45) is 1.22. The van der Waals surface area contributed by atoms with Gasteiger partial charge in [0.2, 0.25) is 0 Å². The standard InChI is InChI=1S/C25H33NO6/c1-5-31-21-10-7-18(15-23(21)32-6-2)24(26-13-11-17(12-14-26)25(27)28)20-9-8-19(29-3)16-22(20)30-4/h7-10,15-17,24H,5-6,11-14H2,1-4H3,(H,27,28). The average molecular weight is 444 g/mol. The molecule has 1 heterocycles. The van der Waals surface area contributed by atoms with E-state index in [1.807, 2.05) is 50.2 Å². The van der Waals surface area contributed by atoms with Gasteiger partial charge in [-0.1, -0.05) is 6.07 Å². The average Bonchev–Trinajstić information content (AvgIpc) is 2.81. The molecule has 0 aromatic heterocycles. The molecule has 1 fully saturated rings. The summed E-state index contributed by atoms with van der Waals surface area (Å²) in [5.74, 6) is 1.83. The Kier molecular flexibility index (Phi) is 8.22. The third-order valence-corrected chi connectivity index (χ3v) is 5.86. The fourth-order valence-corrected chi connectivity index (χ4v) is 4.27. The molecule has 1 atom stereocenters. The fraction of sp³-hybridized carbons (Fsp3) is 0.480. The maximum absolute atomic E-state index is 11.5. The molecule has 0 bridgehead atoms. The molecule has 32 heavy (non-hydrogen) atoms. The van der Waals surface area contributed by atoms with E-state index in [2.05, 4.69) is 4.90 Å². The van der Waals surface area contributed by atoms with Crippen molar-refractivity contribution in [2.45, 2.75) is 32.7 Å². The molecule has 0 aliphatic carbocycles. The predicted molar refractivity (Wildman–Crippen MR) is 122 cm³/mol. The van der Waals surface area contributed by atoms with Crippen LogP contribution in [-0.2, 0) is 4.79 Å². The van der Waals surface area contributed by atoms with Gasteiger partial charge in [0.15, 0.2) is 11.5 Å². The van der Waals surface area contributed by atoms with Gasteiger partial charge >= 0.3 is 5.97 Å². The summed E-state index contributed by atoms with van der Waals surface area (Å²) in [7, 11) is 3.28. The lowest BCUT2D eigenvalue weighted by Gasteiger charge is -2.37. The fourth-order valence-electron chi connectivity index (χ4n) is 4.27. The second-order valence-electron chi connectivity index (χ2n) is 7.73. The first kappa shape index (κ1) is 23.7. The van der Waals surface area contributed by atoms with Crippen LogP contribution in [0.15, 0.2) is 36.4 Å². The molecule has 1 aliphatic rings. The van der Waals surface area contributed by atoms with E-state index >= 15 is 0 Å². The van der Waals surface area contributed by atoms with E-state index in [0.29, 0.717) is 50.6 Å². The van der Waals surface area contributed by atoms with Crippen molar-refractivity contribution >= 4 is 5.97 Å². The number of carboxylic acid groups (broad SMARTS) is 1. The van der Waals surface area contributed by atoms with Crippen LogP contribution in [0.5, 0.6) is 23.0 Å². The predicted octanol–water partition coefficient (Wildman–Crippen LogP) is 4.39. The highest BCUT2D eigenvalue weighted by Crippen LogP contribution is 2.41. The van der Waals surface area contributed by atoms with Gasteiger partial charge in [-0.05, 0) is 69.6 Å². The number of piperidine rings is 1. The number of hydrogen-bond acceptors (Lipinski definition) is 6. The van der Waals surface area contributed by atoms with Crippen LogP contribution in [-0.4, -0.2) is 56.5 Å². The van der Waals surface area contributed by atoms with E-state index in [1.165, 1.54) is 0 Å². The molecule has 2 aromatic carbocycles. The van der Waals surface area contributed by atoms with Crippen LogP contribution in [0.3, 0.4) is 0 Å². The Morgan fingerprint density at radius 2 is 1.66 bits per heavy atom. The Bertz CT molecular complexity index is 907. The number of carboxylic acids is 1. The number of benzene rings is 2. The lowest BCUT2D eigenvalue weighted by atomic mass is 9.90. The van der Waals surface area contributed by atoms with Gasteiger partial charge in [-0.25, -0.2) is 0 Å². The van der Waals surface area contributed by atoms with Crippen LogP contribution in [0.4, 0.5) is 0 Å². The maximum atomic E-state index is 11.5. The van der Waals surface area contributed by atoms with Gasteiger partial charge < -0.3 is 24.1 Å². The third kappa shape index (κ3) is 5.27. The molecule has 0 spiro atoms. The molecule has 0 amide bonds. The van der Waals surface area contributed by atoms with Gasteiger partial charge in [0.05, 0.1) is 39.4 Å². The van der Waals surface area contributed by atoms with Crippen molar-refractivity contribution in [3.63, 3.8) is 0 Å². The van der Waals surface area contributed by atoms with Crippen molar-refractivity contribution in [3.8, 4) is 23.0 Å². The maximum Gasteiger partial charge on any atom is 0.306 e. The number of likely N-dealkylation sites (tertiary alicyclic amines) is 1. The minimum atomic E-state index is -0.720.